The lowest BCUT2D eigenvalue weighted by atomic mass is 9.73. The van der Waals surface area contributed by atoms with E-state index in [0.717, 1.165) is 54.7 Å². The molecule has 3 aromatic rings. The topological polar surface area (TPSA) is 89.6 Å². The number of hydrogen-bond acceptors (Lipinski definition) is 7. The zero-order chi connectivity index (χ0) is 21.8. The highest BCUT2D eigenvalue weighted by Gasteiger charge is 2.50. The van der Waals surface area contributed by atoms with E-state index in [-0.39, 0.29) is 17.6 Å². The first kappa shape index (κ1) is 20.2. The third kappa shape index (κ3) is 3.52. The highest BCUT2D eigenvalue weighted by molar-refractivity contribution is 7.80. The smallest absolute Gasteiger partial charge is 0.408 e. The molecule has 1 fully saturated rings. The zero-order valence-corrected chi connectivity index (χ0v) is 18.8. The van der Waals surface area contributed by atoms with Crippen LogP contribution in [0.25, 0.3) is 5.65 Å². The zero-order valence-electron chi connectivity index (χ0n) is 17.9. The predicted octanol–water partition coefficient (Wildman–Crippen LogP) is 3.08. The number of piperidine rings is 1. The van der Waals surface area contributed by atoms with Crippen molar-refractivity contribution in [3.8, 4) is 0 Å². The van der Waals surface area contributed by atoms with E-state index in [0.29, 0.717) is 0 Å². The molecule has 2 aliphatic rings. The molecule has 1 spiro atoms. The molecule has 1 amide bonds. The largest absolute Gasteiger partial charge is 0.444 e. The fourth-order valence-corrected chi connectivity index (χ4v) is 5.03. The van der Waals surface area contributed by atoms with E-state index in [1.54, 1.807) is 18.6 Å². The Kier molecular flexibility index (Phi) is 4.65. The number of aromatic nitrogens is 5. The van der Waals surface area contributed by atoms with Crippen LogP contribution in [-0.2, 0) is 11.3 Å². The van der Waals surface area contributed by atoms with Crippen molar-refractivity contribution in [1.29, 1.82) is 0 Å². The fraction of sp³-hybridized carbons (Fsp3) is 0.524. The van der Waals surface area contributed by atoms with Crippen molar-refractivity contribution < 1.29 is 9.53 Å². The van der Waals surface area contributed by atoms with Gasteiger partial charge in [0.2, 0.25) is 5.95 Å². The summed E-state index contributed by atoms with van der Waals surface area (Å²) in [6.45, 7) is 8.05. The molecule has 164 valence electrons. The maximum Gasteiger partial charge on any atom is 0.408 e. The van der Waals surface area contributed by atoms with Gasteiger partial charge in [-0.15, -0.1) is 12.6 Å². The molecular formula is C21H27N7O2S. The van der Waals surface area contributed by atoms with E-state index >= 15 is 0 Å². The van der Waals surface area contributed by atoms with Crippen LogP contribution in [0.1, 0.15) is 45.3 Å². The van der Waals surface area contributed by atoms with Gasteiger partial charge in [-0.2, -0.15) is 5.10 Å². The molecule has 0 radical (unpaired) electrons. The highest BCUT2D eigenvalue weighted by atomic mass is 32.1. The van der Waals surface area contributed by atoms with Gasteiger partial charge in [0.15, 0.2) is 5.65 Å². The molecule has 0 aromatic carbocycles. The second-order valence-corrected chi connectivity index (χ2v) is 9.89. The van der Waals surface area contributed by atoms with Crippen LogP contribution in [-0.4, -0.2) is 48.9 Å². The average Bonchev–Trinajstić information content (AvgIpc) is 3.40. The van der Waals surface area contributed by atoms with Crippen LogP contribution in [0, 0.1) is 5.41 Å². The summed E-state index contributed by atoms with van der Waals surface area (Å²) in [5, 5.41) is 7.62. The SMILES string of the molecule is CC(C)(C)OC(=O)N[C@@H]1c2ccnn2CC12CCN(c1ncc(S)c3nccn13)CC2. The number of anilines is 1. The number of ether oxygens (including phenoxy) is 1. The molecule has 5 heterocycles. The molecule has 10 heteroatoms. The Morgan fingerprint density at radius 3 is 2.77 bits per heavy atom. The molecular weight excluding hydrogens is 414 g/mol. The number of fused-ring (bicyclic) bond motifs is 2. The van der Waals surface area contributed by atoms with E-state index in [1.165, 1.54) is 0 Å². The third-order valence-electron chi connectivity index (χ3n) is 6.21. The summed E-state index contributed by atoms with van der Waals surface area (Å²) in [6, 6.07) is 1.86. The van der Waals surface area contributed by atoms with E-state index < -0.39 is 5.60 Å². The van der Waals surface area contributed by atoms with Crippen molar-refractivity contribution >= 4 is 30.3 Å². The van der Waals surface area contributed by atoms with Crippen LogP contribution < -0.4 is 10.2 Å². The van der Waals surface area contributed by atoms with Crippen LogP contribution in [0.5, 0.6) is 0 Å². The Hall–Kier alpha value is -2.75. The molecule has 0 saturated carbocycles. The Labute approximate surface area is 186 Å². The number of alkyl carbamates (subject to hydrolysis) is 1. The Morgan fingerprint density at radius 2 is 2.03 bits per heavy atom. The lowest BCUT2D eigenvalue weighted by Crippen LogP contribution is -2.48. The second-order valence-electron chi connectivity index (χ2n) is 9.41. The Morgan fingerprint density at radius 1 is 1.26 bits per heavy atom. The first-order valence-electron chi connectivity index (χ1n) is 10.5. The van der Waals surface area contributed by atoms with Crippen molar-refractivity contribution in [1.82, 2.24) is 29.5 Å². The number of carbonyl (C=O) groups excluding carboxylic acids is 1. The summed E-state index contributed by atoms with van der Waals surface area (Å²) < 4.78 is 9.54. The molecule has 1 atom stereocenters. The summed E-state index contributed by atoms with van der Waals surface area (Å²) in [5.41, 5.74) is 1.20. The first-order chi connectivity index (χ1) is 14.8. The highest BCUT2D eigenvalue weighted by Crippen LogP contribution is 2.49. The molecule has 9 nitrogen and oxygen atoms in total. The van der Waals surface area contributed by atoms with Crippen molar-refractivity contribution in [3.63, 3.8) is 0 Å². The number of hydrogen-bond donors (Lipinski definition) is 2. The molecule has 0 aliphatic carbocycles. The van der Waals surface area contributed by atoms with E-state index in [2.05, 4.69) is 37.9 Å². The fourth-order valence-electron chi connectivity index (χ4n) is 4.80. The van der Waals surface area contributed by atoms with Crippen molar-refractivity contribution in [2.45, 2.75) is 56.7 Å². The minimum absolute atomic E-state index is 0.103. The quantitative estimate of drug-likeness (QED) is 0.594. The number of thiol groups is 1. The molecule has 0 unspecified atom stereocenters. The molecule has 5 rings (SSSR count). The minimum Gasteiger partial charge on any atom is -0.444 e. The third-order valence-corrected chi connectivity index (χ3v) is 6.53. The lowest BCUT2D eigenvalue weighted by Gasteiger charge is -2.43. The van der Waals surface area contributed by atoms with Gasteiger partial charge in [-0.25, -0.2) is 14.8 Å². The van der Waals surface area contributed by atoms with Crippen molar-refractivity contribution in [2.75, 3.05) is 18.0 Å². The molecule has 3 aromatic heterocycles. The summed E-state index contributed by atoms with van der Waals surface area (Å²) in [7, 11) is 0. The number of carbonyl (C=O) groups is 1. The summed E-state index contributed by atoms with van der Waals surface area (Å²) >= 11 is 4.46. The average molecular weight is 442 g/mol. The number of rotatable bonds is 2. The summed E-state index contributed by atoms with van der Waals surface area (Å²) in [6.07, 6.45) is 8.64. The standard InChI is InChI=1S/C21H27N7O2S/c1-20(2,3)30-19(29)25-16-14-4-7-24-28(14)13-21(16)5-9-26(10-6-21)18-23-12-15(31)17-22-8-11-27(17)18/h4,7-8,11-12,16,31H,5-6,9-10,13H2,1-3H3,(H,25,29)/t16-/m1/s1. The van der Waals surface area contributed by atoms with Crippen LogP contribution in [0.4, 0.5) is 10.7 Å². The van der Waals surface area contributed by atoms with Gasteiger partial charge < -0.3 is 15.0 Å². The number of nitrogens with zero attached hydrogens (tertiary/aromatic N) is 6. The van der Waals surface area contributed by atoms with E-state index in [4.69, 9.17) is 4.74 Å². The van der Waals surface area contributed by atoms with E-state index in [9.17, 15) is 4.79 Å². The first-order valence-corrected chi connectivity index (χ1v) is 11.0. The van der Waals surface area contributed by atoms with Gasteiger partial charge in [-0.05, 0) is 39.7 Å². The maximum absolute atomic E-state index is 12.6. The van der Waals surface area contributed by atoms with Crippen molar-refractivity contribution in [2.24, 2.45) is 5.41 Å². The number of amides is 1. The maximum atomic E-state index is 12.6. The van der Waals surface area contributed by atoms with Gasteiger partial charge in [0.05, 0.1) is 16.6 Å². The monoisotopic (exact) mass is 441 g/mol. The Balaban J connectivity index is 1.37. The second kappa shape index (κ2) is 7.15. The van der Waals surface area contributed by atoms with Gasteiger partial charge >= 0.3 is 6.09 Å². The summed E-state index contributed by atoms with van der Waals surface area (Å²) in [5.74, 6) is 0.868. The van der Waals surface area contributed by atoms with Crippen LogP contribution in [0.2, 0.25) is 0 Å². The lowest BCUT2D eigenvalue weighted by molar-refractivity contribution is 0.0423. The van der Waals surface area contributed by atoms with Gasteiger partial charge in [0.25, 0.3) is 0 Å². The minimum atomic E-state index is -0.541. The number of imidazole rings is 1. The molecule has 31 heavy (non-hydrogen) atoms. The van der Waals surface area contributed by atoms with Gasteiger partial charge in [0.1, 0.15) is 5.60 Å². The number of nitrogens with one attached hydrogen (secondary N) is 1. The molecule has 0 bridgehead atoms. The van der Waals surface area contributed by atoms with Crippen molar-refractivity contribution in [3.05, 3.63) is 36.5 Å². The van der Waals surface area contributed by atoms with Crippen LogP contribution in [0.15, 0.2) is 35.7 Å². The Bertz CT molecular complexity index is 1120. The normalized spacial score (nSPS) is 20.3. The van der Waals surface area contributed by atoms with Crippen LogP contribution >= 0.6 is 12.6 Å². The molecule has 1 N–H and O–H groups in total. The van der Waals surface area contributed by atoms with Crippen LogP contribution in [0.3, 0.4) is 0 Å². The van der Waals surface area contributed by atoms with Gasteiger partial charge in [0, 0.05) is 49.8 Å². The predicted molar refractivity (Wildman–Crippen MR) is 118 cm³/mol. The van der Waals surface area contributed by atoms with Gasteiger partial charge in [-0.3, -0.25) is 9.08 Å². The van der Waals surface area contributed by atoms with E-state index in [1.807, 2.05) is 42.1 Å². The molecule has 1 saturated heterocycles. The summed E-state index contributed by atoms with van der Waals surface area (Å²) in [4.78, 5) is 24.6. The van der Waals surface area contributed by atoms with Gasteiger partial charge in [-0.1, -0.05) is 0 Å². The molecule has 2 aliphatic heterocycles.